The average molecular weight is 244 g/mol. The quantitative estimate of drug-likeness (QED) is 0.878. The van der Waals surface area contributed by atoms with Crippen LogP contribution >= 0.6 is 0 Å². The van der Waals surface area contributed by atoms with Crippen molar-refractivity contribution in [1.82, 2.24) is 14.8 Å². The van der Waals surface area contributed by atoms with Crippen LogP contribution in [0.15, 0.2) is 24.5 Å². The van der Waals surface area contributed by atoms with Gasteiger partial charge in [-0.05, 0) is 19.4 Å². The fourth-order valence-electron chi connectivity index (χ4n) is 2.45. The average Bonchev–Trinajstić information content (AvgIpc) is 2.86. The van der Waals surface area contributed by atoms with E-state index < -0.39 is 0 Å². The third-order valence-corrected chi connectivity index (χ3v) is 3.31. The molecule has 0 saturated carbocycles. The van der Waals surface area contributed by atoms with E-state index in [0.717, 1.165) is 24.7 Å². The Bertz CT molecular complexity index is 564. The Morgan fingerprint density at radius 1 is 1.44 bits per heavy atom. The zero-order valence-electron chi connectivity index (χ0n) is 10.6. The highest BCUT2D eigenvalue weighted by atomic mass is 16.5. The standard InChI is InChI=1S/C13H16N4O/c1-9-3-4-12(18-2)10(7-9)11-5-6-14-13-15-8-16-17(11)13/h3-4,7-8,11H,5-6H2,1-2H3,(H,14,15,16). The molecular formula is C13H16N4O. The minimum absolute atomic E-state index is 0.193. The van der Waals surface area contributed by atoms with E-state index in [1.165, 1.54) is 11.1 Å². The molecule has 2 aromatic rings. The van der Waals surface area contributed by atoms with Crippen LogP contribution in [0.2, 0.25) is 0 Å². The van der Waals surface area contributed by atoms with E-state index in [0.29, 0.717) is 0 Å². The van der Waals surface area contributed by atoms with Gasteiger partial charge in [-0.15, -0.1) is 0 Å². The maximum atomic E-state index is 5.46. The molecule has 1 aromatic carbocycles. The second kappa shape index (κ2) is 4.33. The lowest BCUT2D eigenvalue weighted by molar-refractivity contribution is 0.391. The van der Waals surface area contributed by atoms with Gasteiger partial charge in [0, 0.05) is 12.1 Å². The van der Waals surface area contributed by atoms with Gasteiger partial charge >= 0.3 is 0 Å². The molecule has 0 spiro atoms. The van der Waals surface area contributed by atoms with Gasteiger partial charge < -0.3 is 10.1 Å². The molecule has 1 N–H and O–H groups in total. The molecule has 0 amide bonds. The zero-order chi connectivity index (χ0) is 12.5. The first kappa shape index (κ1) is 11.1. The molecule has 1 unspecified atom stereocenters. The molecule has 18 heavy (non-hydrogen) atoms. The summed E-state index contributed by atoms with van der Waals surface area (Å²) in [6.07, 6.45) is 2.57. The lowest BCUT2D eigenvalue weighted by Crippen LogP contribution is -2.25. The van der Waals surface area contributed by atoms with E-state index in [-0.39, 0.29) is 6.04 Å². The van der Waals surface area contributed by atoms with E-state index in [2.05, 4.69) is 34.5 Å². The van der Waals surface area contributed by atoms with Gasteiger partial charge in [0.2, 0.25) is 5.95 Å². The Morgan fingerprint density at radius 3 is 3.17 bits per heavy atom. The fraction of sp³-hybridized carbons (Fsp3) is 0.385. The Balaban J connectivity index is 2.09. The van der Waals surface area contributed by atoms with Crippen molar-refractivity contribution >= 4 is 5.95 Å². The highest BCUT2D eigenvalue weighted by Gasteiger charge is 2.25. The van der Waals surface area contributed by atoms with Crippen LogP contribution in [0.5, 0.6) is 5.75 Å². The summed E-state index contributed by atoms with van der Waals surface area (Å²) in [5, 5.41) is 7.55. The van der Waals surface area contributed by atoms with Gasteiger partial charge in [-0.1, -0.05) is 17.7 Å². The molecule has 2 heterocycles. The molecule has 0 bridgehead atoms. The first-order valence-electron chi connectivity index (χ1n) is 6.07. The number of aryl methyl sites for hydroxylation is 1. The maximum absolute atomic E-state index is 5.46. The Hall–Kier alpha value is -2.04. The zero-order valence-corrected chi connectivity index (χ0v) is 10.6. The monoisotopic (exact) mass is 244 g/mol. The topological polar surface area (TPSA) is 52.0 Å². The number of methoxy groups -OCH3 is 1. The van der Waals surface area contributed by atoms with Gasteiger partial charge in [-0.3, -0.25) is 0 Å². The summed E-state index contributed by atoms with van der Waals surface area (Å²) < 4.78 is 7.39. The lowest BCUT2D eigenvalue weighted by atomic mass is 9.99. The summed E-state index contributed by atoms with van der Waals surface area (Å²) in [6.45, 7) is 2.99. The predicted molar refractivity (Wildman–Crippen MR) is 69.0 cm³/mol. The largest absolute Gasteiger partial charge is 0.496 e. The van der Waals surface area contributed by atoms with Crippen molar-refractivity contribution in [2.45, 2.75) is 19.4 Å². The first-order chi connectivity index (χ1) is 8.79. The van der Waals surface area contributed by atoms with E-state index in [1.54, 1.807) is 13.4 Å². The molecule has 5 heteroatoms. The van der Waals surface area contributed by atoms with Crippen molar-refractivity contribution in [2.75, 3.05) is 19.0 Å². The highest BCUT2D eigenvalue weighted by molar-refractivity contribution is 5.42. The van der Waals surface area contributed by atoms with Gasteiger partial charge in [-0.2, -0.15) is 10.1 Å². The predicted octanol–water partition coefficient (Wildman–Crippen LogP) is 2.00. The van der Waals surface area contributed by atoms with Crippen LogP contribution < -0.4 is 10.1 Å². The molecule has 3 rings (SSSR count). The van der Waals surface area contributed by atoms with Crippen molar-refractivity contribution in [1.29, 1.82) is 0 Å². The number of benzene rings is 1. The number of anilines is 1. The summed E-state index contributed by atoms with van der Waals surface area (Å²) in [6, 6.07) is 6.44. The third kappa shape index (κ3) is 1.72. The number of hydrogen-bond donors (Lipinski definition) is 1. The summed E-state index contributed by atoms with van der Waals surface area (Å²) in [5.41, 5.74) is 2.40. The lowest BCUT2D eigenvalue weighted by Gasteiger charge is -2.26. The van der Waals surface area contributed by atoms with E-state index in [4.69, 9.17) is 4.74 Å². The molecule has 0 fully saturated rings. The van der Waals surface area contributed by atoms with Gasteiger partial charge in [0.25, 0.3) is 0 Å². The van der Waals surface area contributed by atoms with Crippen LogP contribution in [0.4, 0.5) is 5.95 Å². The van der Waals surface area contributed by atoms with Crippen LogP contribution in [0.1, 0.15) is 23.6 Å². The second-order valence-corrected chi connectivity index (χ2v) is 4.50. The number of nitrogens with zero attached hydrogens (tertiary/aromatic N) is 3. The second-order valence-electron chi connectivity index (χ2n) is 4.50. The molecule has 0 aliphatic carbocycles. The number of hydrogen-bond acceptors (Lipinski definition) is 4. The molecule has 0 saturated heterocycles. The molecule has 1 atom stereocenters. The highest BCUT2D eigenvalue weighted by Crippen LogP contribution is 2.34. The molecule has 0 radical (unpaired) electrons. The summed E-state index contributed by atoms with van der Waals surface area (Å²) >= 11 is 0. The molecule has 1 aliphatic heterocycles. The van der Waals surface area contributed by atoms with Crippen LogP contribution in [-0.4, -0.2) is 28.4 Å². The Kier molecular flexibility index (Phi) is 2.66. The summed E-state index contributed by atoms with van der Waals surface area (Å²) in [5.74, 6) is 1.74. The minimum Gasteiger partial charge on any atom is -0.496 e. The molecule has 94 valence electrons. The first-order valence-corrected chi connectivity index (χ1v) is 6.07. The third-order valence-electron chi connectivity index (χ3n) is 3.31. The normalized spacial score (nSPS) is 18.0. The van der Waals surface area contributed by atoms with Gasteiger partial charge in [0.05, 0.1) is 13.2 Å². The SMILES string of the molecule is COc1ccc(C)cc1C1CCNc2ncnn21. The van der Waals surface area contributed by atoms with Gasteiger partial charge in [-0.25, -0.2) is 4.68 Å². The number of ether oxygens (including phenoxy) is 1. The van der Waals surface area contributed by atoms with Crippen LogP contribution in [0.25, 0.3) is 0 Å². The van der Waals surface area contributed by atoms with Gasteiger partial charge in [0.1, 0.15) is 12.1 Å². The molecule has 1 aliphatic rings. The Labute approximate surface area is 106 Å². The van der Waals surface area contributed by atoms with Crippen molar-refractivity contribution < 1.29 is 4.74 Å². The minimum atomic E-state index is 0.193. The summed E-state index contributed by atoms with van der Waals surface area (Å²) in [7, 11) is 1.71. The van der Waals surface area contributed by atoms with E-state index in [1.807, 2.05) is 10.7 Å². The van der Waals surface area contributed by atoms with Gasteiger partial charge in [0.15, 0.2) is 0 Å². The number of nitrogens with one attached hydrogen (secondary N) is 1. The van der Waals surface area contributed by atoms with Crippen molar-refractivity contribution in [3.8, 4) is 5.75 Å². The molecular weight excluding hydrogens is 228 g/mol. The smallest absolute Gasteiger partial charge is 0.221 e. The van der Waals surface area contributed by atoms with E-state index >= 15 is 0 Å². The van der Waals surface area contributed by atoms with Crippen LogP contribution in [0, 0.1) is 6.92 Å². The van der Waals surface area contributed by atoms with Crippen LogP contribution in [0.3, 0.4) is 0 Å². The summed E-state index contributed by atoms with van der Waals surface area (Å²) in [4.78, 5) is 4.21. The van der Waals surface area contributed by atoms with Crippen LogP contribution in [-0.2, 0) is 0 Å². The van der Waals surface area contributed by atoms with E-state index in [9.17, 15) is 0 Å². The number of aromatic nitrogens is 3. The number of fused-ring (bicyclic) bond motifs is 1. The van der Waals surface area contributed by atoms with Crippen molar-refractivity contribution in [2.24, 2.45) is 0 Å². The Morgan fingerprint density at radius 2 is 2.33 bits per heavy atom. The van der Waals surface area contributed by atoms with Crippen molar-refractivity contribution in [3.05, 3.63) is 35.7 Å². The number of rotatable bonds is 2. The maximum Gasteiger partial charge on any atom is 0.221 e. The van der Waals surface area contributed by atoms with Crippen molar-refractivity contribution in [3.63, 3.8) is 0 Å². The molecule has 1 aromatic heterocycles. The fourth-order valence-corrected chi connectivity index (χ4v) is 2.45. The molecule has 5 nitrogen and oxygen atoms in total.